The molecule has 0 radical (unpaired) electrons. The third kappa shape index (κ3) is 6.17. The SMILES string of the molecule is C=CCCC(=O)NC[C@@H](C)OC(=O)[C@@H]1[C@H]2O[C@@]3(CC2Br)[C@H](C(=O)N(CC=C)c2ccc4ccccc4c2)N(CCCO)C(=O)[C@@H]13. The van der Waals surface area contributed by atoms with Crippen molar-refractivity contribution >= 4 is 56.1 Å². The Morgan fingerprint density at radius 2 is 1.98 bits per heavy atom. The normalized spacial score (nSPS) is 27.2. The van der Waals surface area contributed by atoms with Crippen LogP contribution in [0.25, 0.3) is 10.8 Å². The van der Waals surface area contributed by atoms with Gasteiger partial charge in [0.1, 0.15) is 17.7 Å². The van der Waals surface area contributed by atoms with Gasteiger partial charge in [0.05, 0.1) is 24.5 Å². The van der Waals surface area contributed by atoms with E-state index in [0.29, 0.717) is 18.5 Å². The summed E-state index contributed by atoms with van der Waals surface area (Å²) in [6, 6.07) is 12.6. The Balaban J connectivity index is 1.44. The van der Waals surface area contributed by atoms with Crippen LogP contribution in [0.15, 0.2) is 67.8 Å². The number of nitrogens with zero attached hydrogens (tertiary/aromatic N) is 2. The number of anilines is 1. The molecule has 0 aromatic heterocycles. The molecule has 2 N–H and O–H groups in total. The maximum absolute atomic E-state index is 14.7. The molecule has 10 nitrogen and oxygen atoms in total. The predicted molar refractivity (Wildman–Crippen MR) is 174 cm³/mol. The summed E-state index contributed by atoms with van der Waals surface area (Å²) >= 11 is 3.68. The minimum Gasteiger partial charge on any atom is -0.460 e. The minimum atomic E-state index is -1.27. The zero-order valence-electron chi connectivity index (χ0n) is 25.4. The molecule has 45 heavy (non-hydrogen) atoms. The van der Waals surface area contributed by atoms with Gasteiger partial charge in [-0.3, -0.25) is 19.2 Å². The average molecular weight is 683 g/mol. The molecule has 3 saturated heterocycles. The van der Waals surface area contributed by atoms with E-state index in [1.807, 2.05) is 42.5 Å². The van der Waals surface area contributed by atoms with Gasteiger partial charge in [0, 0.05) is 36.6 Å². The summed E-state index contributed by atoms with van der Waals surface area (Å²) in [6.45, 7) is 9.43. The minimum absolute atomic E-state index is 0.119. The van der Waals surface area contributed by atoms with E-state index in [2.05, 4.69) is 34.4 Å². The van der Waals surface area contributed by atoms with Gasteiger partial charge in [-0.1, -0.05) is 58.4 Å². The molecule has 2 aromatic rings. The van der Waals surface area contributed by atoms with Crippen molar-refractivity contribution in [3.8, 4) is 0 Å². The fraction of sp³-hybridized carbons (Fsp3) is 0.471. The van der Waals surface area contributed by atoms with Crippen molar-refractivity contribution in [1.29, 1.82) is 0 Å². The van der Waals surface area contributed by atoms with Crippen LogP contribution < -0.4 is 10.2 Å². The van der Waals surface area contributed by atoms with Crippen molar-refractivity contribution < 1.29 is 33.8 Å². The Bertz CT molecular complexity index is 1480. The van der Waals surface area contributed by atoms with Gasteiger partial charge in [0.2, 0.25) is 11.8 Å². The van der Waals surface area contributed by atoms with Gasteiger partial charge >= 0.3 is 5.97 Å². The first-order valence-electron chi connectivity index (χ1n) is 15.4. The third-order valence-electron chi connectivity index (χ3n) is 8.95. The van der Waals surface area contributed by atoms with Crippen LogP contribution in [0.1, 0.15) is 32.6 Å². The topological polar surface area (TPSA) is 125 Å². The fourth-order valence-corrected chi connectivity index (χ4v) is 7.94. The Hall–Kier alpha value is -3.54. The van der Waals surface area contributed by atoms with Crippen LogP contribution >= 0.6 is 15.9 Å². The van der Waals surface area contributed by atoms with Crippen molar-refractivity contribution in [2.45, 2.75) is 61.3 Å². The van der Waals surface area contributed by atoms with Gasteiger partial charge in [0.15, 0.2) is 0 Å². The zero-order valence-corrected chi connectivity index (χ0v) is 27.0. The van der Waals surface area contributed by atoms with Gasteiger partial charge in [-0.05, 0) is 49.1 Å². The van der Waals surface area contributed by atoms with Crippen molar-refractivity contribution in [2.75, 3.05) is 31.1 Å². The number of hydrogen-bond acceptors (Lipinski definition) is 7. The first-order valence-corrected chi connectivity index (χ1v) is 16.3. The predicted octanol–water partition coefficient (Wildman–Crippen LogP) is 3.50. The van der Waals surface area contributed by atoms with Crippen LogP contribution in [0.4, 0.5) is 5.69 Å². The first kappa shape index (κ1) is 32.8. The summed E-state index contributed by atoms with van der Waals surface area (Å²) in [5, 5.41) is 14.4. The maximum Gasteiger partial charge on any atom is 0.312 e. The van der Waals surface area contributed by atoms with Crippen LogP contribution in [-0.4, -0.2) is 88.6 Å². The first-order chi connectivity index (χ1) is 21.7. The number of nitrogens with one attached hydrogen (secondary N) is 1. The highest BCUT2D eigenvalue weighted by Crippen LogP contribution is 2.60. The van der Waals surface area contributed by atoms with E-state index in [1.54, 1.807) is 24.0 Å². The number of alkyl halides is 1. The molecule has 0 aliphatic carbocycles. The standard InChI is InChI=1S/C34H40BrN3O7/c1-4-6-12-26(40)36-20-21(3)44-33(43)27-28-31(41)38(16-9-17-39)30(34(28)19-25(35)29(27)45-34)32(42)37(15-5-2)24-14-13-22-10-7-8-11-23(22)18-24/h4-5,7-8,10-11,13-14,18,21,25,27-30,39H,1-2,6,9,12,15-17,19-20H2,3H3,(H,36,40)/t21-,25?,27+,28-,29+,30+,34-/m1/s1. The largest absolute Gasteiger partial charge is 0.460 e. The number of carbonyl (C=O) groups is 4. The number of carbonyl (C=O) groups excluding carboxylic acids is 4. The third-order valence-corrected chi connectivity index (χ3v) is 9.80. The number of aliphatic hydroxyl groups is 1. The number of esters is 1. The monoisotopic (exact) mass is 681 g/mol. The molecular weight excluding hydrogens is 642 g/mol. The number of amides is 3. The van der Waals surface area contributed by atoms with E-state index in [0.717, 1.165) is 10.8 Å². The van der Waals surface area contributed by atoms with E-state index in [1.165, 1.54) is 4.90 Å². The Labute approximate surface area is 271 Å². The summed E-state index contributed by atoms with van der Waals surface area (Å²) in [7, 11) is 0. The second-order valence-electron chi connectivity index (χ2n) is 11.9. The lowest BCUT2D eigenvalue weighted by molar-refractivity contribution is -0.159. The molecule has 3 aliphatic rings. The van der Waals surface area contributed by atoms with Gasteiger partial charge < -0.3 is 29.7 Å². The molecule has 7 atom stereocenters. The number of benzene rings is 2. The van der Waals surface area contributed by atoms with E-state index in [4.69, 9.17) is 9.47 Å². The summed E-state index contributed by atoms with van der Waals surface area (Å²) in [5.74, 6) is -3.38. The van der Waals surface area contributed by atoms with E-state index < -0.39 is 41.7 Å². The number of ether oxygens (including phenoxy) is 2. The molecule has 1 spiro atoms. The summed E-state index contributed by atoms with van der Waals surface area (Å²) in [4.78, 5) is 57.4. The smallest absolute Gasteiger partial charge is 0.312 e. The number of rotatable bonds is 14. The van der Waals surface area contributed by atoms with Gasteiger partial charge in [-0.15, -0.1) is 13.2 Å². The van der Waals surface area contributed by atoms with E-state index in [-0.39, 0.29) is 61.6 Å². The molecule has 1 unspecified atom stereocenters. The fourth-order valence-electron chi connectivity index (χ4n) is 7.00. The van der Waals surface area contributed by atoms with Crippen LogP contribution in [0.3, 0.4) is 0 Å². The molecule has 3 fully saturated rings. The Morgan fingerprint density at radius 3 is 2.69 bits per heavy atom. The Morgan fingerprint density at radius 1 is 1.22 bits per heavy atom. The lowest BCUT2D eigenvalue weighted by atomic mass is 9.70. The van der Waals surface area contributed by atoms with Crippen molar-refractivity contribution in [2.24, 2.45) is 11.8 Å². The van der Waals surface area contributed by atoms with Crippen molar-refractivity contribution in [3.63, 3.8) is 0 Å². The number of allylic oxidation sites excluding steroid dienone is 1. The van der Waals surface area contributed by atoms with Crippen LogP contribution in [0.5, 0.6) is 0 Å². The molecule has 3 heterocycles. The summed E-state index contributed by atoms with van der Waals surface area (Å²) in [6.07, 6.45) is 3.39. The number of fused-ring (bicyclic) bond motifs is 2. The summed E-state index contributed by atoms with van der Waals surface area (Å²) in [5.41, 5.74) is -0.624. The average Bonchev–Trinajstić information content (AvgIpc) is 3.63. The van der Waals surface area contributed by atoms with Gasteiger partial charge in [0.25, 0.3) is 5.91 Å². The number of aliphatic hydroxyl groups excluding tert-OH is 1. The van der Waals surface area contributed by atoms with Gasteiger partial charge in [-0.25, -0.2) is 0 Å². The highest BCUT2D eigenvalue weighted by molar-refractivity contribution is 9.09. The van der Waals surface area contributed by atoms with Crippen LogP contribution in [-0.2, 0) is 28.7 Å². The molecule has 11 heteroatoms. The molecule has 3 amide bonds. The summed E-state index contributed by atoms with van der Waals surface area (Å²) < 4.78 is 12.3. The van der Waals surface area contributed by atoms with E-state index >= 15 is 0 Å². The zero-order chi connectivity index (χ0) is 32.3. The second kappa shape index (κ2) is 13.8. The lowest BCUT2D eigenvalue weighted by Gasteiger charge is -2.37. The highest BCUT2D eigenvalue weighted by Gasteiger charge is 2.77. The lowest BCUT2D eigenvalue weighted by Crippen LogP contribution is -2.57. The second-order valence-corrected chi connectivity index (χ2v) is 13.1. The van der Waals surface area contributed by atoms with Crippen molar-refractivity contribution in [1.82, 2.24) is 10.2 Å². The molecule has 3 aliphatic heterocycles. The molecule has 240 valence electrons. The number of halogens is 1. The molecule has 0 saturated carbocycles. The van der Waals surface area contributed by atoms with Crippen LogP contribution in [0, 0.1) is 11.8 Å². The number of likely N-dealkylation sites (tertiary alicyclic amines) is 1. The highest BCUT2D eigenvalue weighted by atomic mass is 79.9. The van der Waals surface area contributed by atoms with Crippen molar-refractivity contribution in [3.05, 3.63) is 67.8 Å². The number of hydrogen-bond donors (Lipinski definition) is 2. The molecular formula is C34H40BrN3O7. The molecule has 5 rings (SSSR count). The Kier molecular flexibility index (Phi) is 10.1. The van der Waals surface area contributed by atoms with E-state index in [9.17, 15) is 24.3 Å². The van der Waals surface area contributed by atoms with Crippen LogP contribution in [0.2, 0.25) is 0 Å². The van der Waals surface area contributed by atoms with Gasteiger partial charge in [-0.2, -0.15) is 0 Å². The molecule has 2 aromatic carbocycles. The maximum atomic E-state index is 14.7. The molecule has 2 bridgehead atoms. The quantitative estimate of drug-likeness (QED) is 0.178.